The van der Waals surface area contributed by atoms with Crippen LogP contribution in [-0.4, -0.2) is 46.1 Å². The summed E-state index contributed by atoms with van der Waals surface area (Å²) >= 11 is 0. The minimum Gasteiger partial charge on any atom is -0.432 e. The highest BCUT2D eigenvalue weighted by Gasteiger charge is 2.77. The number of carbonyl (C=O) groups excluding carboxylic acids is 2. The summed E-state index contributed by atoms with van der Waals surface area (Å²) in [6, 6.07) is 0. The Kier molecular flexibility index (Phi) is 5.39. The fourth-order valence-corrected chi connectivity index (χ4v) is 11.4. The third-order valence-corrected chi connectivity index (χ3v) is 14.2. The van der Waals surface area contributed by atoms with Gasteiger partial charge in [-0.1, -0.05) is 55.4 Å². The van der Waals surface area contributed by atoms with Gasteiger partial charge in [-0.05, 0) is 54.3 Å². The zero-order valence-electron chi connectivity index (χ0n) is 24.0. The van der Waals surface area contributed by atoms with Crippen LogP contribution in [0.2, 0.25) is 0 Å². The normalized spacial score (nSPS) is 60.4. The molecule has 0 aromatic carbocycles. The van der Waals surface area contributed by atoms with Crippen molar-refractivity contribution in [2.24, 2.45) is 63.1 Å². The van der Waals surface area contributed by atoms with Gasteiger partial charge in [-0.3, -0.25) is 9.59 Å². The number of hydrogen-bond donors (Lipinski definition) is 2. The van der Waals surface area contributed by atoms with Gasteiger partial charge in [0.15, 0.2) is 0 Å². The Labute approximate surface area is 222 Å². The molecule has 1 spiro atoms. The lowest BCUT2D eigenvalue weighted by molar-refractivity contribution is -0.302. The van der Waals surface area contributed by atoms with Crippen LogP contribution in [0.15, 0.2) is 0 Å². The first-order valence-corrected chi connectivity index (χ1v) is 14.9. The van der Waals surface area contributed by atoms with Gasteiger partial charge < -0.3 is 19.7 Å². The molecule has 37 heavy (non-hydrogen) atoms. The van der Waals surface area contributed by atoms with Crippen molar-refractivity contribution in [1.82, 2.24) is 0 Å². The SMILES string of the molecule is C[C@@H]1C[C@@]2(OC(=O)[C@@H](C)[C@@H]2C)O[C@@H]2C[C@H]3[C@@H](CC[C@H]4C(C)(C)[C@H](O)C[C@@H](O)[C@]34C)[C@]3(C)C(=O)C[C@H]1[C@@]23C. The lowest BCUT2D eigenvalue weighted by Gasteiger charge is -2.69. The van der Waals surface area contributed by atoms with E-state index in [1.165, 1.54) is 0 Å². The Morgan fingerprint density at radius 3 is 2.16 bits per heavy atom. The Hall–Kier alpha value is -0.980. The topological polar surface area (TPSA) is 93.1 Å². The molecule has 0 aromatic rings. The van der Waals surface area contributed by atoms with Crippen molar-refractivity contribution < 1.29 is 29.3 Å². The molecule has 14 atom stereocenters. The minimum atomic E-state index is -0.958. The number of ether oxygens (including phenoxy) is 2. The molecule has 2 N–H and O–H groups in total. The average molecular weight is 517 g/mol. The van der Waals surface area contributed by atoms with Crippen molar-refractivity contribution in [2.45, 2.75) is 118 Å². The van der Waals surface area contributed by atoms with Gasteiger partial charge in [-0.15, -0.1) is 0 Å². The van der Waals surface area contributed by atoms with Crippen molar-refractivity contribution in [3.05, 3.63) is 0 Å². The molecule has 6 heteroatoms. The number of aliphatic hydroxyl groups is 2. The van der Waals surface area contributed by atoms with Gasteiger partial charge in [0.1, 0.15) is 5.78 Å². The van der Waals surface area contributed by atoms with Gasteiger partial charge in [0.2, 0.25) is 5.79 Å². The Bertz CT molecular complexity index is 1020. The van der Waals surface area contributed by atoms with E-state index in [-0.39, 0.29) is 64.3 Å². The molecule has 4 saturated carbocycles. The van der Waals surface area contributed by atoms with Crippen LogP contribution in [0.5, 0.6) is 0 Å². The number of rotatable bonds is 0. The highest BCUT2D eigenvalue weighted by Crippen LogP contribution is 2.75. The summed E-state index contributed by atoms with van der Waals surface area (Å²) in [5.74, 6) is -0.293. The molecule has 0 unspecified atom stereocenters. The maximum absolute atomic E-state index is 14.2. The number of ketones is 1. The summed E-state index contributed by atoms with van der Waals surface area (Å²) in [7, 11) is 0. The van der Waals surface area contributed by atoms with E-state index in [9.17, 15) is 19.8 Å². The molecule has 208 valence electrons. The van der Waals surface area contributed by atoms with Crippen LogP contribution in [0.3, 0.4) is 0 Å². The molecule has 2 saturated heterocycles. The van der Waals surface area contributed by atoms with Crippen LogP contribution in [0.4, 0.5) is 0 Å². The summed E-state index contributed by atoms with van der Waals surface area (Å²) in [5, 5.41) is 22.6. The molecule has 2 heterocycles. The smallest absolute Gasteiger partial charge is 0.311 e. The summed E-state index contributed by atoms with van der Waals surface area (Å²) in [4.78, 5) is 26.9. The van der Waals surface area contributed by atoms with E-state index in [0.29, 0.717) is 25.0 Å². The predicted molar refractivity (Wildman–Crippen MR) is 138 cm³/mol. The first-order chi connectivity index (χ1) is 17.1. The number of Topliss-reactive ketones (excluding diaryl/α,β-unsaturated/α-hetero) is 1. The molecule has 0 aromatic heterocycles. The Balaban J connectivity index is 1.50. The fraction of sp³-hybridized carbons (Fsp3) is 0.935. The molecule has 6 fully saturated rings. The van der Waals surface area contributed by atoms with Crippen LogP contribution in [0, 0.1) is 63.1 Å². The van der Waals surface area contributed by atoms with Gasteiger partial charge in [0.05, 0.1) is 24.2 Å². The molecule has 0 amide bonds. The molecule has 0 radical (unpaired) electrons. The molecule has 2 aliphatic heterocycles. The van der Waals surface area contributed by atoms with Gasteiger partial charge in [-0.2, -0.15) is 0 Å². The summed E-state index contributed by atoms with van der Waals surface area (Å²) < 4.78 is 13.3. The van der Waals surface area contributed by atoms with Crippen molar-refractivity contribution in [2.75, 3.05) is 0 Å². The fourth-order valence-electron chi connectivity index (χ4n) is 11.4. The summed E-state index contributed by atoms with van der Waals surface area (Å²) in [6.45, 7) is 17.3. The lowest BCUT2D eigenvalue weighted by Crippen LogP contribution is -2.69. The highest BCUT2D eigenvalue weighted by atomic mass is 16.7. The zero-order valence-corrected chi connectivity index (χ0v) is 24.0. The largest absolute Gasteiger partial charge is 0.432 e. The third kappa shape index (κ3) is 2.84. The van der Waals surface area contributed by atoms with E-state index >= 15 is 0 Å². The summed E-state index contributed by atoms with van der Waals surface area (Å²) in [5.41, 5.74) is -1.65. The first-order valence-electron chi connectivity index (χ1n) is 14.9. The standard InChI is InChI=1S/C31H48O6/c1-15-14-31(17(3)16(2)26(35)37-31)36-25-12-20-18(29(7)24(34)11-19(15)30(25,29)8)9-10-21-27(4,5)22(32)13-23(33)28(20,21)6/h15-23,25,32-33H,9-14H2,1-8H3/t15-,16+,17+,18-,19-,20+,21+,22-,23-,25-,28-,29-,30+,31+/m1/s1. The van der Waals surface area contributed by atoms with E-state index in [4.69, 9.17) is 9.47 Å². The minimum absolute atomic E-state index is 0.0615. The molecule has 6 rings (SSSR count). The number of hydrogen-bond acceptors (Lipinski definition) is 6. The lowest BCUT2D eigenvalue weighted by atomic mass is 9.37. The second-order valence-corrected chi connectivity index (χ2v) is 15.4. The zero-order chi connectivity index (χ0) is 27.1. The van der Waals surface area contributed by atoms with Crippen LogP contribution in [0.25, 0.3) is 0 Å². The van der Waals surface area contributed by atoms with Crippen molar-refractivity contribution in [3.63, 3.8) is 0 Å². The highest BCUT2D eigenvalue weighted by molar-refractivity contribution is 5.89. The number of fused-ring (bicyclic) bond motifs is 4. The van der Waals surface area contributed by atoms with Gasteiger partial charge in [0, 0.05) is 41.4 Å². The maximum Gasteiger partial charge on any atom is 0.311 e. The average Bonchev–Trinajstić information content (AvgIpc) is 3.12. The predicted octanol–water partition coefficient (Wildman–Crippen LogP) is 4.74. The van der Waals surface area contributed by atoms with Gasteiger partial charge in [0.25, 0.3) is 0 Å². The van der Waals surface area contributed by atoms with Crippen LogP contribution in [-0.2, 0) is 19.1 Å². The van der Waals surface area contributed by atoms with E-state index in [1.54, 1.807) is 0 Å². The number of aliphatic hydroxyl groups excluding tert-OH is 2. The Morgan fingerprint density at radius 2 is 1.54 bits per heavy atom. The molecule has 0 bridgehead atoms. The quantitative estimate of drug-likeness (QED) is 0.452. The monoisotopic (exact) mass is 516 g/mol. The summed E-state index contributed by atoms with van der Waals surface area (Å²) in [6.07, 6.45) is 2.74. The van der Waals surface area contributed by atoms with E-state index < -0.39 is 28.8 Å². The van der Waals surface area contributed by atoms with Gasteiger partial charge >= 0.3 is 5.97 Å². The van der Waals surface area contributed by atoms with E-state index in [0.717, 1.165) is 19.3 Å². The van der Waals surface area contributed by atoms with Crippen molar-refractivity contribution in [1.29, 1.82) is 0 Å². The Morgan fingerprint density at radius 1 is 0.865 bits per heavy atom. The molecule has 6 aliphatic rings. The van der Waals surface area contributed by atoms with Crippen molar-refractivity contribution in [3.8, 4) is 0 Å². The number of esters is 1. The van der Waals surface area contributed by atoms with Gasteiger partial charge in [-0.25, -0.2) is 0 Å². The molecule has 6 nitrogen and oxygen atoms in total. The number of carbonyl (C=O) groups is 2. The van der Waals surface area contributed by atoms with Crippen LogP contribution < -0.4 is 0 Å². The van der Waals surface area contributed by atoms with E-state index in [1.807, 2.05) is 6.92 Å². The van der Waals surface area contributed by atoms with Crippen LogP contribution in [0.1, 0.15) is 93.9 Å². The molecular formula is C31H48O6. The van der Waals surface area contributed by atoms with Crippen LogP contribution >= 0.6 is 0 Å². The molecule has 4 aliphatic carbocycles. The van der Waals surface area contributed by atoms with Crippen molar-refractivity contribution >= 4 is 11.8 Å². The first kappa shape index (κ1) is 26.3. The second kappa shape index (κ2) is 7.60. The van der Waals surface area contributed by atoms with E-state index in [2.05, 4.69) is 48.5 Å². The third-order valence-electron chi connectivity index (χ3n) is 14.2. The second-order valence-electron chi connectivity index (χ2n) is 15.4. The maximum atomic E-state index is 14.2. The molecular weight excluding hydrogens is 468 g/mol.